The maximum Gasteiger partial charge on any atom is 0.239 e. The molecule has 1 aromatic rings. The topological polar surface area (TPSA) is 35.6 Å². The largest absolute Gasteiger partial charge is 0.340 e. The summed E-state index contributed by atoms with van der Waals surface area (Å²) in [4.78, 5) is 17.0. The van der Waals surface area contributed by atoms with Crippen LogP contribution in [0, 0.1) is 0 Å². The van der Waals surface area contributed by atoms with Crippen molar-refractivity contribution in [1.29, 1.82) is 0 Å². The number of hydrogen-bond acceptors (Lipinski definition) is 3. The molecule has 0 saturated carbocycles. The van der Waals surface area contributed by atoms with E-state index in [9.17, 15) is 4.79 Å². The van der Waals surface area contributed by atoms with E-state index >= 15 is 0 Å². The van der Waals surface area contributed by atoms with Gasteiger partial charge < -0.3 is 10.2 Å². The van der Waals surface area contributed by atoms with Crippen LogP contribution in [0.15, 0.2) is 24.3 Å². The van der Waals surface area contributed by atoms with Gasteiger partial charge in [-0.2, -0.15) is 0 Å². The third-order valence-corrected chi connectivity index (χ3v) is 4.99. The van der Waals surface area contributed by atoms with Gasteiger partial charge in [0.1, 0.15) is 0 Å². The fraction of sp³-hybridized carbons (Fsp3) is 0.588. The summed E-state index contributed by atoms with van der Waals surface area (Å²) < 4.78 is 0. The van der Waals surface area contributed by atoms with E-state index in [-0.39, 0.29) is 11.9 Å². The fourth-order valence-electron chi connectivity index (χ4n) is 3.45. The van der Waals surface area contributed by atoms with Crippen LogP contribution in [0.4, 0.5) is 0 Å². The van der Waals surface area contributed by atoms with E-state index in [0.717, 1.165) is 39.0 Å². The molecule has 2 atom stereocenters. The Kier molecular flexibility index (Phi) is 4.27. The van der Waals surface area contributed by atoms with E-state index < -0.39 is 0 Å². The fourth-order valence-corrected chi connectivity index (χ4v) is 3.45. The highest BCUT2D eigenvalue weighted by molar-refractivity contribution is 5.81. The van der Waals surface area contributed by atoms with E-state index in [2.05, 4.69) is 41.4 Å². The number of rotatable bonds is 3. The van der Waals surface area contributed by atoms with Gasteiger partial charge in [0.2, 0.25) is 5.91 Å². The van der Waals surface area contributed by atoms with Crippen LogP contribution in [0.5, 0.6) is 0 Å². The minimum absolute atomic E-state index is 0.0380. The smallest absolute Gasteiger partial charge is 0.239 e. The van der Waals surface area contributed by atoms with Crippen LogP contribution in [-0.2, 0) is 17.8 Å². The highest BCUT2D eigenvalue weighted by Crippen LogP contribution is 2.21. The quantitative estimate of drug-likeness (QED) is 0.909. The number of hydrogen-bond donors (Lipinski definition) is 1. The molecule has 0 aliphatic carbocycles. The molecular weight excluding hydrogens is 262 g/mol. The predicted octanol–water partition coefficient (Wildman–Crippen LogP) is 1.25. The molecule has 21 heavy (non-hydrogen) atoms. The van der Waals surface area contributed by atoms with Crippen molar-refractivity contribution < 1.29 is 4.79 Å². The van der Waals surface area contributed by atoms with Gasteiger partial charge >= 0.3 is 0 Å². The summed E-state index contributed by atoms with van der Waals surface area (Å²) in [5.74, 6) is 0.253. The van der Waals surface area contributed by atoms with Crippen molar-refractivity contribution in [1.82, 2.24) is 15.1 Å². The molecule has 4 nitrogen and oxygen atoms in total. The normalized spacial score (nSPS) is 23.6. The number of fused-ring (bicyclic) bond motifs is 1. The lowest BCUT2D eigenvalue weighted by molar-refractivity contribution is -0.137. The predicted molar refractivity (Wildman–Crippen MR) is 84.1 cm³/mol. The summed E-state index contributed by atoms with van der Waals surface area (Å²) in [5.41, 5.74) is 2.80. The molecule has 1 N–H and O–H groups in total. The number of nitrogens with one attached hydrogen (secondary N) is 1. The van der Waals surface area contributed by atoms with Gasteiger partial charge in [-0.25, -0.2) is 0 Å². The van der Waals surface area contributed by atoms with Crippen LogP contribution < -0.4 is 5.32 Å². The van der Waals surface area contributed by atoms with Crippen molar-refractivity contribution in [3.8, 4) is 0 Å². The van der Waals surface area contributed by atoms with Crippen LogP contribution in [-0.4, -0.2) is 54.5 Å². The van der Waals surface area contributed by atoms with Crippen molar-refractivity contribution in [3.05, 3.63) is 35.4 Å². The van der Waals surface area contributed by atoms with Gasteiger partial charge in [0, 0.05) is 32.7 Å². The molecule has 1 saturated heterocycles. The highest BCUT2D eigenvalue weighted by atomic mass is 16.2. The van der Waals surface area contributed by atoms with Gasteiger partial charge in [-0.05, 0) is 37.4 Å². The lowest BCUT2D eigenvalue weighted by Gasteiger charge is -2.36. The molecule has 2 heterocycles. The van der Waals surface area contributed by atoms with Gasteiger partial charge in [-0.3, -0.25) is 9.69 Å². The summed E-state index contributed by atoms with van der Waals surface area (Å²) in [5, 5.41) is 3.33. The zero-order valence-corrected chi connectivity index (χ0v) is 13.0. The van der Waals surface area contributed by atoms with Gasteiger partial charge in [0.05, 0.1) is 6.04 Å². The molecule has 2 aliphatic rings. The molecule has 0 bridgehead atoms. The first-order valence-corrected chi connectivity index (χ1v) is 7.95. The summed E-state index contributed by atoms with van der Waals surface area (Å²) in [7, 11) is 1.95. The molecule has 0 aromatic heterocycles. The van der Waals surface area contributed by atoms with Gasteiger partial charge in [-0.15, -0.1) is 0 Å². The van der Waals surface area contributed by atoms with Gasteiger partial charge in [0.25, 0.3) is 0 Å². The second kappa shape index (κ2) is 6.16. The average Bonchev–Trinajstić information content (AvgIpc) is 3.06. The number of likely N-dealkylation sites (N-methyl/N-ethyl adjacent to an activating group) is 1. The van der Waals surface area contributed by atoms with Crippen molar-refractivity contribution in [2.24, 2.45) is 0 Å². The Hall–Kier alpha value is -1.39. The van der Waals surface area contributed by atoms with E-state index in [1.54, 1.807) is 0 Å². The molecule has 1 amide bonds. The van der Waals surface area contributed by atoms with Crippen LogP contribution in [0.25, 0.3) is 0 Å². The number of nitrogens with zero attached hydrogens (tertiary/aromatic N) is 2. The Labute approximate surface area is 127 Å². The van der Waals surface area contributed by atoms with E-state index in [1.165, 1.54) is 11.1 Å². The summed E-state index contributed by atoms with van der Waals surface area (Å²) in [6.07, 6.45) is 2.11. The summed E-state index contributed by atoms with van der Waals surface area (Å²) in [6.45, 7) is 5.86. The first kappa shape index (κ1) is 14.5. The van der Waals surface area contributed by atoms with E-state index in [0.29, 0.717) is 6.04 Å². The molecule has 4 heteroatoms. The maximum atomic E-state index is 12.7. The SMILES string of the molecule is CC(C(=O)N(C)C1CCNC1)N1CCc2ccccc2C1. The number of carbonyl (C=O) groups is 1. The van der Waals surface area contributed by atoms with Gasteiger partial charge in [-0.1, -0.05) is 24.3 Å². The third-order valence-electron chi connectivity index (χ3n) is 4.99. The molecule has 1 fully saturated rings. The molecule has 114 valence electrons. The van der Waals surface area contributed by atoms with Crippen molar-refractivity contribution in [2.45, 2.75) is 38.4 Å². The highest BCUT2D eigenvalue weighted by Gasteiger charge is 2.30. The molecular formula is C17H25N3O. The van der Waals surface area contributed by atoms with Crippen LogP contribution >= 0.6 is 0 Å². The lowest BCUT2D eigenvalue weighted by atomic mass is 9.98. The Morgan fingerprint density at radius 2 is 2.14 bits per heavy atom. The van der Waals surface area contributed by atoms with Gasteiger partial charge in [0.15, 0.2) is 0 Å². The number of amides is 1. The summed E-state index contributed by atoms with van der Waals surface area (Å²) >= 11 is 0. The second-order valence-corrected chi connectivity index (χ2v) is 6.26. The number of benzene rings is 1. The Morgan fingerprint density at radius 3 is 2.86 bits per heavy atom. The number of carbonyl (C=O) groups excluding carboxylic acids is 1. The lowest BCUT2D eigenvalue weighted by Crippen LogP contribution is -2.50. The average molecular weight is 287 g/mol. The Morgan fingerprint density at radius 1 is 1.38 bits per heavy atom. The van der Waals surface area contributed by atoms with Crippen LogP contribution in [0.1, 0.15) is 24.5 Å². The zero-order valence-electron chi connectivity index (χ0n) is 13.0. The first-order chi connectivity index (χ1) is 10.2. The monoisotopic (exact) mass is 287 g/mol. The Bertz CT molecular complexity index is 511. The standard InChI is InChI=1S/C17H25N3O/c1-13(17(21)19(2)16-7-9-18-11-16)20-10-8-14-5-3-4-6-15(14)12-20/h3-6,13,16,18H,7-12H2,1-2H3. The van der Waals surface area contributed by atoms with Crippen molar-refractivity contribution >= 4 is 5.91 Å². The minimum atomic E-state index is -0.0380. The third kappa shape index (κ3) is 2.97. The van der Waals surface area contributed by atoms with Crippen LogP contribution in [0.2, 0.25) is 0 Å². The molecule has 2 unspecified atom stereocenters. The molecule has 1 aromatic carbocycles. The zero-order chi connectivity index (χ0) is 14.8. The van der Waals surface area contributed by atoms with Crippen molar-refractivity contribution in [3.63, 3.8) is 0 Å². The summed E-state index contributed by atoms with van der Waals surface area (Å²) in [6, 6.07) is 8.90. The molecule has 3 rings (SSSR count). The van der Waals surface area contributed by atoms with E-state index in [1.807, 2.05) is 11.9 Å². The minimum Gasteiger partial charge on any atom is -0.340 e. The van der Waals surface area contributed by atoms with Crippen molar-refractivity contribution in [2.75, 3.05) is 26.7 Å². The van der Waals surface area contributed by atoms with E-state index in [4.69, 9.17) is 0 Å². The van der Waals surface area contributed by atoms with Crippen LogP contribution in [0.3, 0.4) is 0 Å². The first-order valence-electron chi connectivity index (χ1n) is 7.95. The molecule has 0 radical (unpaired) electrons. The maximum absolute atomic E-state index is 12.7. The Balaban J connectivity index is 1.65. The molecule has 2 aliphatic heterocycles. The molecule has 0 spiro atoms. The second-order valence-electron chi connectivity index (χ2n) is 6.26.